The van der Waals surface area contributed by atoms with Crippen molar-refractivity contribution in [2.75, 3.05) is 6.61 Å². The van der Waals surface area contributed by atoms with Crippen molar-refractivity contribution in [3.05, 3.63) is 0 Å². The summed E-state index contributed by atoms with van der Waals surface area (Å²) in [5.74, 6) is -0.0275. The van der Waals surface area contributed by atoms with Gasteiger partial charge in [0.2, 0.25) is 0 Å². The molecule has 0 aromatic carbocycles. The molecule has 0 spiro atoms. The molecule has 0 N–H and O–H groups in total. The summed E-state index contributed by atoms with van der Waals surface area (Å²) >= 11 is 0. The molecule has 0 aliphatic carbocycles. The van der Waals surface area contributed by atoms with Gasteiger partial charge in [-0.2, -0.15) is 0 Å². The standard InChI is InChI=1S/C17H32O3/c1-3-4-5-6-7-8-11-17(18)20-15(2)12-13-16-10-9-14-19-16/h15-16H,3-14H2,1-2H3/t15-,16-/m1/s1. The minimum atomic E-state index is -0.0275. The summed E-state index contributed by atoms with van der Waals surface area (Å²) in [4.78, 5) is 11.7. The lowest BCUT2D eigenvalue weighted by molar-refractivity contribution is -0.148. The molecule has 3 heteroatoms. The lowest BCUT2D eigenvalue weighted by atomic mass is 10.1. The van der Waals surface area contributed by atoms with E-state index in [9.17, 15) is 4.79 Å². The Morgan fingerprint density at radius 3 is 2.70 bits per heavy atom. The summed E-state index contributed by atoms with van der Waals surface area (Å²) in [6.45, 7) is 5.11. The van der Waals surface area contributed by atoms with Crippen LogP contribution in [0.2, 0.25) is 0 Å². The molecule has 2 atom stereocenters. The van der Waals surface area contributed by atoms with Gasteiger partial charge in [-0.15, -0.1) is 0 Å². The third-order valence-corrected chi connectivity index (χ3v) is 3.99. The van der Waals surface area contributed by atoms with Crippen molar-refractivity contribution in [2.24, 2.45) is 0 Å². The number of rotatable bonds is 11. The van der Waals surface area contributed by atoms with Gasteiger partial charge >= 0.3 is 5.97 Å². The summed E-state index contributed by atoms with van der Waals surface area (Å²) in [6, 6.07) is 0. The molecule has 0 saturated carbocycles. The molecule has 1 saturated heterocycles. The van der Waals surface area contributed by atoms with E-state index < -0.39 is 0 Å². The predicted molar refractivity (Wildman–Crippen MR) is 81.8 cm³/mol. The topological polar surface area (TPSA) is 35.5 Å². The maximum absolute atomic E-state index is 11.7. The molecule has 1 heterocycles. The fourth-order valence-electron chi connectivity index (χ4n) is 2.68. The van der Waals surface area contributed by atoms with Crippen molar-refractivity contribution in [2.45, 2.75) is 96.7 Å². The molecule has 118 valence electrons. The van der Waals surface area contributed by atoms with Crippen LogP contribution < -0.4 is 0 Å². The fraction of sp³-hybridized carbons (Fsp3) is 0.941. The van der Waals surface area contributed by atoms with Gasteiger partial charge < -0.3 is 9.47 Å². The number of ether oxygens (including phenoxy) is 2. The van der Waals surface area contributed by atoms with Crippen LogP contribution in [0.15, 0.2) is 0 Å². The summed E-state index contributed by atoms with van der Waals surface area (Å²) in [5, 5.41) is 0. The zero-order valence-electron chi connectivity index (χ0n) is 13.4. The van der Waals surface area contributed by atoms with Crippen LogP contribution in [0.3, 0.4) is 0 Å². The van der Waals surface area contributed by atoms with Crippen molar-refractivity contribution >= 4 is 5.97 Å². The maximum Gasteiger partial charge on any atom is 0.306 e. The second-order valence-electron chi connectivity index (χ2n) is 6.03. The largest absolute Gasteiger partial charge is 0.463 e. The fourth-order valence-corrected chi connectivity index (χ4v) is 2.68. The molecule has 0 aromatic heterocycles. The van der Waals surface area contributed by atoms with Gasteiger partial charge in [0.05, 0.1) is 12.2 Å². The van der Waals surface area contributed by atoms with Crippen LogP contribution in [0, 0.1) is 0 Å². The van der Waals surface area contributed by atoms with Crippen molar-refractivity contribution in [3.63, 3.8) is 0 Å². The molecule has 20 heavy (non-hydrogen) atoms. The average Bonchev–Trinajstić information content (AvgIpc) is 2.93. The molecule has 1 aliphatic heterocycles. The zero-order valence-corrected chi connectivity index (χ0v) is 13.4. The Morgan fingerprint density at radius 1 is 1.25 bits per heavy atom. The van der Waals surface area contributed by atoms with E-state index in [-0.39, 0.29) is 12.1 Å². The Hall–Kier alpha value is -0.570. The number of carbonyl (C=O) groups is 1. The van der Waals surface area contributed by atoms with E-state index in [1.54, 1.807) is 0 Å². The second kappa shape index (κ2) is 11.1. The first-order chi connectivity index (χ1) is 9.72. The molecule has 0 amide bonds. The van der Waals surface area contributed by atoms with Gasteiger partial charge in [0.1, 0.15) is 0 Å². The van der Waals surface area contributed by atoms with Crippen LogP contribution in [-0.2, 0) is 14.3 Å². The highest BCUT2D eigenvalue weighted by Crippen LogP contribution is 2.18. The normalized spacial score (nSPS) is 20.0. The third kappa shape index (κ3) is 8.57. The zero-order chi connectivity index (χ0) is 14.6. The Morgan fingerprint density at radius 2 is 2.00 bits per heavy atom. The summed E-state index contributed by atoms with van der Waals surface area (Å²) in [5.41, 5.74) is 0. The van der Waals surface area contributed by atoms with Crippen molar-refractivity contribution in [1.29, 1.82) is 0 Å². The van der Waals surface area contributed by atoms with E-state index in [0.29, 0.717) is 12.5 Å². The van der Waals surface area contributed by atoms with Crippen LogP contribution in [0.5, 0.6) is 0 Å². The monoisotopic (exact) mass is 284 g/mol. The lowest BCUT2D eigenvalue weighted by Crippen LogP contribution is -2.17. The summed E-state index contributed by atoms with van der Waals surface area (Å²) in [7, 11) is 0. The molecule has 1 fully saturated rings. The molecule has 0 aromatic rings. The Labute approximate surface area is 124 Å². The van der Waals surface area contributed by atoms with E-state index in [0.717, 1.165) is 32.3 Å². The van der Waals surface area contributed by atoms with E-state index in [2.05, 4.69) is 6.92 Å². The highest BCUT2D eigenvalue weighted by atomic mass is 16.5. The lowest BCUT2D eigenvalue weighted by Gasteiger charge is -2.15. The number of hydrogen-bond donors (Lipinski definition) is 0. The second-order valence-corrected chi connectivity index (χ2v) is 6.03. The van der Waals surface area contributed by atoms with Gasteiger partial charge in [0.25, 0.3) is 0 Å². The number of unbranched alkanes of at least 4 members (excludes halogenated alkanes) is 5. The first-order valence-electron chi connectivity index (χ1n) is 8.53. The van der Waals surface area contributed by atoms with E-state index in [1.807, 2.05) is 6.92 Å². The number of hydrogen-bond acceptors (Lipinski definition) is 3. The van der Waals surface area contributed by atoms with Gasteiger partial charge in [0.15, 0.2) is 0 Å². The minimum Gasteiger partial charge on any atom is -0.463 e. The highest BCUT2D eigenvalue weighted by Gasteiger charge is 2.17. The van der Waals surface area contributed by atoms with Gasteiger partial charge in [-0.25, -0.2) is 0 Å². The van der Waals surface area contributed by atoms with Crippen molar-refractivity contribution in [1.82, 2.24) is 0 Å². The Balaban J connectivity index is 1.94. The van der Waals surface area contributed by atoms with E-state index in [4.69, 9.17) is 9.47 Å². The van der Waals surface area contributed by atoms with Crippen LogP contribution in [-0.4, -0.2) is 24.8 Å². The molecule has 1 aliphatic rings. The van der Waals surface area contributed by atoms with E-state index >= 15 is 0 Å². The average molecular weight is 284 g/mol. The highest BCUT2D eigenvalue weighted by molar-refractivity contribution is 5.69. The van der Waals surface area contributed by atoms with Crippen LogP contribution in [0.1, 0.15) is 84.5 Å². The Kier molecular flexibility index (Phi) is 9.73. The van der Waals surface area contributed by atoms with Gasteiger partial charge in [-0.05, 0) is 39.0 Å². The SMILES string of the molecule is CCCCCCCCC(=O)O[C@H](C)CC[C@H]1CCCO1. The summed E-state index contributed by atoms with van der Waals surface area (Å²) in [6.07, 6.45) is 12.5. The Bertz CT molecular complexity index is 247. The molecular formula is C17H32O3. The molecular weight excluding hydrogens is 252 g/mol. The third-order valence-electron chi connectivity index (χ3n) is 3.99. The van der Waals surface area contributed by atoms with Crippen LogP contribution in [0.4, 0.5) is 0 Å². The number of esters is 1. The van der Waals surface area contributed by atoms with Gasteiger partial charge in [-0.1, -0.05) is 39.0 Å². The molecule has 0 bridgehead atoms. The molecule has 0 radical (unpaired) electrons. The molecule has 0 unspecified atom stereocenters. The summed E-state index contributed by atoms with van der Waals surface area (Å²) < 4.78 is 11.0. The smallest absolute Gasteiger partial charge is 0.306 e. The molecule has 3 nitrogen and oxygen atoms in total. The van der Waals surface area contributed by atoms with Crippen LogP contribution >= 0.6 is 0 Å². The maximum atomic E-state index is 11.7. The minimum absolute atomic E-state index is 0.0275. The molecule has 1 rings (SSSR count). The van der Waals surface area contributed by atoms with Crippen molar-refractivity contribution < 1.29 is 14.3 Å². The quantitative estimate of drug-likeness (QED) is 0.410. The van der Waals surface area contributed by atoms with E-state index in [1.165, 1.54) is 38.5 Å². The number of carbonyl (C=O) groups excluding carboxylic acids is 1. The van der Waals surface area contributed by atoms with Gasteiger partial charge in [-0.3, -0.25) is 4.79 Å². The first kappa shape index (κ1) is 17.5. The first-order valence-corrected chi connectivity index (χ1v) is 8.53. The predicted octanol–water partition coefficient (Wildman–Crippen LogP) is 4.63. The van der Waals surface area contributed by atoms with Gasteiger partial charge in [0, 0.05) is 13.0 Å². The van der Waals surface area contributed by atoms with Crippen molar-refractivity contribution in [3.8, 4) is 0 Å². The van der Waals surface area contributed by atoms with Crippen LogP contribution in [0.25, 0.3) is 0 Å².